The predicted molar refractivity (Wildman–Crippen MR) is 109 cm³/mol. The molecule has 2 heterocycles. The Morgan fingerprint density at radius 2 is 1.93 bits per heavy atom. The van der Waals surface area contributed by atoms with E-state index in [2.05, 4.69) is 20.5 Å². The van der Waals surface area contributed by atoms with Gasteiger partial charge in [0.05, 0.1) is 0 Å². The average Bonchev–Trinajstić information content (AvgIpc) is 2.72. The lowest BCUT2D eigenvalue weighted by molar-refractivity contribution is -0.122. The maximum absolute atomic E-state index is 12.5. The van der Waals surface area contributed by atoms with E-state index in [4.69, 9.17) is 11.6 Å². The van der Waals surface area contributed by atoms with Gasteiger partial charge < -0.3 is 20.4 Å². The Bertz CT molecular complexity index is 809. The maximum atomic E-state index is 12.5. The van der Waals surface area contributed by atoms with Crippen LogP contribution in [0.15, 0.2) is 48.7 Å². The van der Waals surface area contributed by atoms with Crippen LogP contribution in [0.4, 0.5) is 10.6 Å². The molecule has 1 saturated heterocycles. The van der Waals surface area contributed by atoms with Gasteiger partial charge in [-0.1, -0.05) is 29.8 Å². The predicted octanol–water partition coefficient (Wildman–Crippen LogP) is 2.27. The first-order valence-electron chi connectivity index (χ1n) is 9.26. The van der Waals surface area contributed by atoms with Crippen LogP contribution in [0.5, 0.6) is 0 Å². The second-order valence-corrected chi connectivity index (χ2v) is 7.12. The first kappa shape index (κ1) is 19.9. The first-order chi connectivity index (χ1) is 13.5. The lowest BCUT2D eigenvalue weighted by Gasteiger charge is -2.35. The summed E-state index contributed by atoms with van der Waals surface area (Å²) in [5.41, 5.74) is 0.907. The molecule has 28 heavy (non-hydrogen) atoms. The molecule has 1 aliphatic heterocycles. The molecular formula is C20H24ClN5O2. The monoisotopic (exact) mass is 401 g/mol. The van der Waals surface area contributed by atoms with E-state index >= 15 is 0 Å². The van der Waals surface area contributed by atoms with E-state index in [9.17, 15) is 9.59 Å². The van der Waals surface area contributed by atoms with E-state index in [1.165, 1.54) is 0 Å². The van der Waals surface area contributed by atoms with Gasteiger partial charge in [-0.05, 0) is 36.8 Å². The van der Waals surface area contributed by atoms with Crippen molar-refractivity contribution >= 4 is 29.4 Å². The fourth-order valence-corrected chi connectivity index (χ4v) is 3.22. The number of hydrogen-bond donors (Lipinski definition) is 2. The van der Waals surface area contributed by atoms with Crippen LogP contribution in [0, 0.1) is 0 Å². The molecule has 1 fully saturated rings. The standard InChI is InChI=1S/C20H24ClN5O2/c1-15(19(27)23-14-16-5-4-6-17(21)13-16)24-20(28)26-11-9-25(10-12-26)18-7-2-3-8-22-18/h2-8,13,15H,9-12,14H2,1H3,(H,23,27)(H,24,28)/t15-/m0/s1. The average molecular weight is 402 g/mol. The number of halogens is 1. The van der Waals surface area contributed by atoms with E-state index < -0.39 is 6.04 Å². The fraction of sp³-hybridized carbons (Fsp3) is 0.350. The molecule has 1 aliphatic rings. The Balaban J connectivity index is 1.43. The summed E-state index contributed by atoms with van der Waals surface area (Å²) in [5.74, 6) is 0.678. The summed E-state index contributed by atoms with van der Waals surface area (Å²) in [6.45, 7) is 4.62. The molecule has 0 bridgehead atoms. The third-order valence-electron chi connectivity index (χ3n) is 4.63. The first-order valence-corrected chi connectivity index (χ1v) is 9.64. The molecule has 148 valence electrons. The second kappa shape index (κ2) is 9.41. The summed E-state index contributed by atoms with van der Waals surface area (Å²) in [6.07, 6.45) is 1.76. The van der Waals surface area contributed by atoms with Crippen LogP contribution >= 0.6 is 11.6 Å². The van der Waals surface area contributed by atoms with Crippen molar-refractivity contribution in [3.8, 4) is 0 Å². The Morgan fingerprint density at radius 1 is 1.14 bits per heavy atom. The Kier molecular flexibility index (Phi) is 6.71. The lowest BCUT2D eigenvalue weighted by atomic mass is 10.2. The zero-order valence-corrected chi connectivity index (χ0v) is 16.5. The number of rotatable bonds is 5. The third kappa shape index (κ3) is 5.36. The zero-order chi connectivity index (χ0) is 19.9. The largest absolute Gasteiger partial charge is 0.353 e. The lowest BCUT2D eigenvalue weighted by Crippen LogP contribution is -2.55. The van der Waals surface area contributed by atoms with Crippen molar-refractivity contribution in [3.05, 3.63) is 59.2 Å². The SMILES string of the molecule is C[C@H](NC(=O)N1CCN(c2ccccn2)CC1)C(=O)NCc1cccc(Cl)c1. The molecule has 2 aromatic rings. The van der Waals surface area contributed by atoms with Gasteiger partial charge in [0.1, 0.15) is 11.9 Å². The molecule has 1 aromatic heterocycles. The Labute approximate surface area is 169 Å². The summed E-state index contributed by atoms with van der Waals surface area (Å²) < 4.78 is 0. The number of aromatic nitrogens is 1. The van der Waals surface area contributed by atoms with Crippen molar-refractivity contribution in [2.45, 2.75) is 19.5 Å². The molecule has 0 radical (unpaired) electrons. The van der Waals surface area contributed by atoms with Crippen LogP contribution in [0.2, 0.25) is 5.02 Å². The van der Waals surface area contributed by atoms with E-state index in [0.29, 0.717) is 37.7 Å². The Hall–Kier alpha value is -2.80. The van der Waals surface area contributed by atoms with Gasteiger partial charge in [0.25, 0.3) is 0 Å². The molecule has 8 heteroatoms. The highest BCUT2D eigenvalue weighted by molar-refractivity contribution is 6.30. The van der Waals surface area contributed by atoms with Gasteiger partial charge >= 0.3 is 6.03 Å². The molecule has 1 aromatic carbocycles. The number of pyridine rings is 1. The van der Waals surface area contributed by atoms with Crippen molar-refractivity contribution in [1.29, 1.82) is 0 Å². The molecule has 1 atom stereocenters. The smallest absolute Gasteiger partial charge is 0.318 e. The fourth-order valence-electron chi connectivity index (χ4n) is 3.01. The minimum absolute atomic E-state index is 0.230. The van der Waals surface area contributed by atoms with Crippen molar-refractivity contribution in [3.63, 3.8) is 0 Å². The van der Waals surface area contributed by atoms with E-state index in [1.807, 2.05) is 30.3 Å². The van der Waals surface area contributed by atoms with Gasteiger partial charge in [0.15, 0.2) is 0 Å². The molecule has 0 saturated carbocycles. The topological polar surface area (TPSA) is 77.6 Å². The van der Waals surface area contributed by atoms with E-state index in [-0.39, 0.29) is 11.9 Å². The third-order valence-corrected chi connectivity index (χ3v) is 4.86. The number of urea groups is 1. The van der Waals surface area contributed by atoms with Crippen LogP contribution in [0.3, 0.4) is 0 Å². The van der Waals surface area contributed by atoms with Crippen LogP contribution in [-0.4, -0.2) is 54.0 Å². The van der Waals surface area contributed by atoms with Crippen LogP contribution < -0.4 is 15.5 Å². The number of piperazine rings is 1. The van der Waals surface area contributed by atoms with Crippen molar-refractivity contribution in [2.24, 2.45) is 0 Å². The Morgan fingerprint density at radius 3 is 2.61 bits per heavy atom. The molecular weight excluding hydrogens is 378 g/mol. The van der Waals surface area contributed by atoms with Gasteiger partial charge in [-0.2, -0.15) is 0 Å². The number of carbonyl (C=O) groups excluding carboxylic acids is 2. The summed E-state index contributed by atoms with van der Waals surface area (Å²) in [6, 6.07) is 12.2. The van der Waals surface area contributed by atoms with Crippen LogP contribution in [0.25, 0.3) is 0 Å². The van der Waals surface area contributed by atoms with E-state index in [0.717, 1.165) is 11.4 Å². The second-order valence-electron chi connectivity index (χ2n) is 6.68. The summed E-state index contributed by atoms with van der Waals surface area (Å²) in [4.78, 5) is 32.9. The number of nitrogens with one attached hydrogen (secondary N) is 2. The highest BCUT2D eigenvalue weighted by Gasteiger charge is 2.24. The van der Waals surface area contributed by atoms with Crippen molar-refractivity contribution in [1.82, 2.24) is 20.5 Å². The quantitative estimate of drug-likeness (QED) is 0.805. The molecule has 0 spiro atoms. The molecule has 0 aliphatic carbocycles. The van der Waals surface area contributed by atoms with Gasteiger partial charge in [-0.3, -0.25) is 4.79 Å². The van der Waals surface area contributed by atoms with Gasteiger partial charge in [-0.25, -0.2) is 9.78 Å². The number of benzene rings is 1. The van der Waals surface area contributed by atoms with Crippen LogP contribution in [-0.2, 0) is 11.3 Å². The maximum Gasteiger partial charge on any atom is 0.318 e. The zero-order valence-electron chi connectivity index (χ0n) is 15.8. The number of anilines is 1. The molecule has 0 unspecified atom stereocenters. The number of carbonyl (C=O) groups is 2. The van der Waals surface area contributed by atoms with Gasteiger partial charge in [0.2, 0.25) is 5.91 Å². The normalized spacial score (nSPS) is 15.1. The van der Waals surface area contributed by atoms with Gasteiger partial charge in [0, 0.05) is 43.9 Å². The van der Waals surface area contributed by atoms with Gasteiger partial charge in [-0.15, -0.1) is 0 Å². The minimum Gasteiger partial charge on any atom is -0.353 e. The summed E-state index contributed by atoms with van der Waals surface area (Å²) in [5, 5.41) is 6.20. The molecule has 7 nitrogen and oxygen atoms in total. The molecule has 2 N–H and O–H groups in total. The number of nitrogens with zero attached hydrogens (tertiary/aromatic N) is 3. The minimum atomic E-state index is -0.625. The van der Waals surface area contributed by atoms with Crippen molar-refractivity contribution in [2.75, 3.05) is 31.1 Å². The molecule has 3 amide bonds. The van der Waals surface area contributed by atoms with Crippen LogP contribution in [0.1, 0.15) is 12.5 Å². The van der Waals surface area contributed by atoms with Crippen molar-refractivity contribution < 1.29 is 9.59 Å². The molecule has 3 rings (SSSR count). The summed E-state index contributed by atoms with van der Waals surface area (Å²) in [7, 11) is 0. The number of amides is 3. The number of hydrogen-bond acceptors (Lipinski definition) is 4. The summed E-state index contributed by atoms with van der Waals surface area (Å²) >= 11 is 5.94. The highest BCUT2D eigenvalue weighted by Crippen LogP contribution is 2.13. The van der Waals surface area contributed by atoms with E-state index in [1.54, 1.807) is 30.2 Å². The highest BCUT2D eigenvalue weighted by atomic mass is 35.5.